The standard InChI is InChI=1S/C44H26N4/c45-27-29-23-24-38(43(25-29)48-41-21-7-3-16-36(41)37-17-4-8-22-42(37)48)44-31(28-46)12-10-18-33(44)30-11-9-13-32(26-30)47-39-19-5-1-14-34(39)35-15-2-6-20-40(35)47/h1-26H. The molecule has 2 aromatic heterocycles. The molecule has 0 aliphatic rings. The molecule has 0 unspecified atom stereocenters. The summed E-state index contributed by atoms with van der Waals surface area (Å²) in [6.45, 7) is 0. The number of aromatic nitrogens is 2. The van der Waals surface area contributed by atoms with E-state index in [1.807, 2.05) is 42.5 Å². The van der Waals surface area contributed by atoms with Crippen LogP contribution in [0, 0.1) is 22.7 Å². The van der Waals surface area contributed by atoms with Gasteiger partial charge in [0.15, 0.2) is 0 Å². The molecule has 0 radical (unpaired) electrons. The summed E-state index contributed by atoms with van der Waals surface area (Å²) in [7, 11) is 0. The van der Waals surface area contributed by atoms with Gasteiger partial charge in [0.25, 0.3) is 0 Å². The van der Waals surface area contributed by atoms with Gasteiger partial charge in [0, 0.05) is 38.4 Å². The van der Waals surface area contributed by atoms with Gasteiger partial charge in [-0.25, -0.2) is 0 Å². The summed E-state index contributed by atoms with van der Waals surface area (Å²) >= 11 is 0. The molecule has 7 aromatic carbocycles. The van der Waals surface area contributed by atoms with Gasteiger partial charge in [0.2, 0.25) is 0 Å². The highest BCUT2D eigenvalue weighted by Gasteiger charge is 2.21. The highest BCUT2D eigenvalue weighted by Crippen LogP contribution is 2.42. The zero-order valence-corrected chi connectivity index (χ0v) is 25.8. The van der Waals surface area contributed by atoms with Gasteiger partial charge in [0.05, 0.1) is 51.0 Å². The number of fused-ring (bicyclic) bond motifs is 6. The number of para-hydroxylation sites is 4. The molecule has 0 saturated heterocycles. The third kappa shape index (κ3) is 4.07. The van der Waals surface area contributed by atoms with E-state index in [1.54, 1.807) is 0 Å². The van der Waals surface area contributed by atoms with Gasteiger partial charge in [-0.3, -0.25) is 0 Å². The van der Waals surface area contributed by atoms with E-state index >= 15 is 0 Å². The van der Waals surface area contributed by atoms with Crippen molar-refractivity contribution < 1.29 is 0 Å². The second kappa shape index (κ2) is 10.9. The molecule has 48 heavy (non-hydrogen) atoms. The molecular formula is C44H26N4. The number of hydrogen-bond acceptors (Lipinski definition) is 2. The highest BCUT2D eigenvalue weighted by atomic mass is 15.0. The van der Waals surface area contributed by atoms with Gasteiger partial charge in [-0.2, -0.15) is 10.5 Å². The Morgan fingerprint density at radius 3 is 1.52 bits per heavy atom. The van der Waals surface area contributed by atoms with Gasteiger partial charge < -0.3 is 9.13 Å². The summed E-state index contributed by atoms with van der Waals surface area (Å²) in [5.74, 6) is 0. The Labute approximate surface area is 277 Å². The summed E-state index contributed by atoms with van der Waals surface area (Å²) in [5.41, 5.74) is 11.1. The van der Waals surface area contributed by atoms with Gasteiger partial charge >= 0.3 is 0 Å². The molecule has 0 atom stereocenters. The molecule has 0 aliphatic heterocycles. The minimum absolute atomic E-state index is 0.556. The lowest BCUT2D eigenvalue weighted by molar-refractivity contribution is 1.18. The Bertz CT molecular complexity index is 2710. The van der Waals surface area contributed by atoms with Crippen LogP contribution >= 0.6 is 0 Å². The minimum atomic E-state index is 0.556. The molecule has 4 nitrogen and oxygen atoms in total. The maximum Gasteiger partial charge on any atom is 0.0998 e. The number of nitrogens with zero attached hydrogens (tertiary/aromatic N) is 4. The first kappa shape index (κ1) is 27.4. The molecular weight excluding hydrogens is 585 g/mol. The Kier molecular flexibility index (Phi) is 6.22. The molecule has 0 fully saturated rings. The van der Waals surface area contributed by atoms with Gasteiger partial charge in [-0.05, 0) is 65.7 Å². The van der Waals surface area contributed by atoms with Crippen LogP contribution in [0.1, 0.15) is 11.1 Å². The topological polar surface area (TPSA) is 57.4 Å². The molecule has 0 bridgehead atoms. The molecule has 0 aliphatic carbocycles. The van der Waals surface area contributed by atoms with Crippen LogP contribution < -0.4 is 0 Å². The molecule has 222 valence electrons. The predicted octanol–water partition coefficient (Wildman–Crippen LogP) is 11.0. The molecule has 0 spiro atoms. The summed E-state index contributed by atoms with van der Waals surface area (Å²) in [4.78, 5) is 0. The van der Waals surface area contributed by atoms with Crippen molar-refractivity contribution in [3.05, 3.63) is 169 Å². The SMILES string of the molecule is N#Cc1ccc(-c2c(C#N)cccc2-c2cccc(-n3c4ccccc4c4ccccc43)c2)c(-n2c3ccccc3c3ccccc32)c1. The summed E-state index contributed by atoms with van der Waals surface area (Å²) in [6, 6.07) is 58.8. The first-order valence-electron chi connectivity index (χ1n) is 15.9. The van der Waals surface area contributed by atoms with Crippen LogP contribution in [0.3, 0.4) is 0 Å². The lowest BCUT2D eigenvalue weighted by Gasteiger charge is -2.19. The molecule has 9 rings (SSSR count). The van der Waals surface area contributed by atoms with Gasteiger partial charge in [0.1, 0.15) is 0 Å². The Balaban J connectivity index is 1.32. The van der Waals surface area contributed by atoms with Crippen LogP contribution in [0.2, 0.25) is 0 Å². The van der Waals surface area contributed by atoms with Crippen molar-refractivity contribution in [2.45, 2.75) is 0 Å². The quantitative estimate of drug-likeness (QED) is 0.199. The Hall–Kier alpha value is -6.88. The fourth-order valence-corrected chi connectivity index (χ4v) is 7.37. The molecule has 2 heterocycles. The average molecular weight is 611 g/mol. The third-order valence-corrected chi connectivity index (χ3v) is 9.40. The van der Waals surface area contributed by atoms with Crippen molar-refractivity contribution in [1.82, 2.24) is 9.13 Å². The van der Waals surface area contributed by atoms with E-state index in [9.17, 15) is 10.5 Å². The van der Waals surface area contributed by atoms with E-state index in [2.05, 4.69) is 137 Å². The van der Waals surface area contributed by atoms with Gasteiger partial charge in [-0.1, -0.05) is 103 Å². The Morgan fingerprint density at radius 1 is 0.417 bits per heavy atom. The van der Waals surface area contributed by atoms with Crippen molar-refractivity contribution in [2.75, 3.05) is 0 Å². The monoisotopic (exact) mass is 610 g/mol. The van der Waals surface area contributed by atoms with E-state index < -0.39 is 0 Å². The summed E-state index contributed by atoms with van der Waals surface area (Å²) in [6.07, 6.45) is 0. The first-order valence-corrected chi connectivity index (χ1v) is 15.9. The normalized spacial score (nSPS) is 11.3. The van der Waals surface area contributed by atoms with Crippen LogP contribution in [0.25, 0.3) is 77.2 Å². The molecule has 9 aromatic rings. The zero-order chi connectivity index (χ0) is 32.2. The lowest BCUT2D eigenvalue weighted by Crippen LogP contribution is -2.01. The van der Waals surface area contributed by atoms with Crippen LogP contribution in [-0.4, -0.2) is 9.13 Å². The summed E-state index contributed by atoms with van der Waals surface area (Å²) in [5, 5.41) is 25.3. The van der Waals surface area contributed by atoms with E-state index in [1.165, 1.54) is 10.8 Å². The molecule has 0 N–H and O–H groups in total. The number of benzene rings is 7. The Morgan fingerprint density at radius 2 is 0.958 bits per heavy atom. The van der Waals surface area contributed by atoms with Crippen LogP contribution in [0.15, 0.2) is 158 Å². The predicted molar refractivity (Wildman–Crippen MR) is 195 cm³/mol. The number of nitriles is 2. The second-order valence-electron chi connectivity index (χ2n) is 12.0. The maximum absolute atomic E-state index is 10.5. The molecule has 0 amide bonds. The smallest absolute Gasteiger partial charge is 0.0998 e. The zero-order valence-electron chi connectivity index (χ0n) is 25.8. The number of hydrogen-bond donors (Lipinski definition) is 0. The largest absolute Gasteiger partial charge is 0.309 e. The molecule has 4 heteroatoms. The second-order valence-corrected chi connectivity index (χ2v) is 12.0. The van der Waals surface area contributed by atoms with E-state index in [0.717, 1.165) is 66.5 Å². The maximum atomic E-state index is 10.5. The van der Waals surface area contributed by atoms with Crippen molar-refractivity contribution in [3.8, 4) is 45.8 Å². The van der Waals surface area contributed by atoms with Crippen molar-refractivity contribution >= 4 is 43.6 Å². The minimum Gasteiger partial charge on any atom is -0.309 e. The highest BCUT2D eigenvalue weighted by molar-refractivity contribution is 6.11. The average Bonchev–Trinajstić information content (AvgIpc) is 3.67. The van der Waals surface area contributed by atoms with E-state index in [0.29, 0.717) is 11.1 Å². The molecule has 0 saturated carbocycles. The third-order valence-electron chi connectivity index (χ3n) is 9.40. The number of rotatable bonds is 4. The fraction of sp³-hybridized carbons (Fsp3) is 0. The fourth-order valence-electron chi connectivity index (χ4n) is 7.37. The lowest BCUT2D eigenvalue weighted by atomic mass is 9.89. The van der Waals surface area contributed by atoms with Crippen LogP contribution in [-0.2, 0) is 0 Å². The summed E-state index contributed by atoms with van der Waals surface area (Å²) < 4.78 is 4.54. The van der Waals surface area contributed by atoms with E-state index in [4.69, 9.17) is 0 Å². The first-order chi connectivity index (χ1) is 23.7. The van der Waals surface area contributed by atoms with Crippen molar-refractivity contribution in [2.24, 2.45) is 0 Å². The van der Waals surface area contributed by atoms with Crippen molar-refractivity contribution in [3.63, 3.8) is 0 Å². The van der Waals surface area contributed by atoms with Crippen molar-refractivity contribution in [1.29, 1.82) is 10.5 Å². The van der Waals surface area contributed by atoms with Crippen LogP contribution in [0.5, 0.6) is 0 Å². The van der Waals surface area contributed by atoms with Gasteiger partial charge in [-0.15, -0.1) is 0 Å². The van der Waals surface area contributed by atoms with Crippen LogP contribution in [0.4, 0.5) is 0 Å². The van der Waals surface area contributed by atoms with E-state index in [-0.39, 0.29) is 0 Å².